The summed E-state index contributed by atoms with van der Waals surface area (Å²) >= 11 is 0. The van der Waals surface area contributed by atoms with Crippen molar-refractivity contribution in [2.75, 3.05) is 0 Å². The molecule has 0 aliphatic heterocycles. The van der Waals surface area contributed by atoms with E-state index in [1.807, 2.05) is 6.07 Å². The average Bonchev–Trinajstić information content (AvgIpc) is 2.80. The maximum atomic E-state index is 5.52. The van der Waals surface area contributed by atoms with Gasteiger partial charge in [0.25, 0.3) is 0 Å². The summed E-state index contributed by atoms with van der Waals surface area (Å²) in [6, 6.07) is 14.9. The summed E-state index contributed by atoms with van der Waals surface area (Å²) in [4.78, 5) is 0. The molecule has 1 heteroatoms. The minimum atomic E-state index is 0.254. The van der Waals surface area contributed by atoms with Crippen LogP contribution in [0.2, 0.25) is 0 Å². The van der Waals surface area contributed by atoms with Crippen LogP contribution in [0.1, 0.15) is 37.0 Å². The molecule has 82 valence electrons. The van der Waals surface area contributed by atoms with Gasteiger partial charge >= 0.3 is 0 Å². The van der Waals surface area contributed by atoms with Gasteiger partial charge in [0, 0.05) is 5.41 Å². The first-order chi connectivity index (χ1) is 7.78. The van der Waals surface area contributed by atoms with Crippen molar-refractivity contribution in [1.82, 2.24) is 0 Å². The third kappa shape index (κ3) is 1.47. The minimum absolute atomic E-state index is 0.254. The fourth-order valence-corrected chi connectivity index (χ4v) is 2.81. The minimum Gasteiger partial charge on any atom is -0.469 e. The lowest BCUT2D eigenvalue weighted by atomic mass is 9.60. The van der Waals surface area contributed by atoms with E-state index in [0.717, 1.165) is 5.76 Å². The summed E-state index contributed by atoms with van der Waals surface area (Å²) in [5, 5.41) is 0. The lowest BCUT2D eigenvalue weighted by Crippen LogP contribution is -2.36. The van der Waals surface area contributed by atoms with Crippen LogP contribution in [0.25, 0.3) is 0 Å². The molecular formula is C15H16O. The van der Waals surface area contributed by atoms with Crippen molar-refractivity contribution in [3.8, 4) is 0 Å². The highest BCUT2D eigenvalue weighted by molar-refractivity contribution is 5.29. The van der Waals surface area contributed by atoms with Crippen molar-refractivity contribution in [1.29, 1.82) is 0 Å². The highest BCUT2D eigenvalue weighted by Gasteiger charge is 2.43. The average molecular weight is 212 g/mol. The van der Waals surface area contributed by atoms with Crippen LogP contribution in [-0.2, 0) is 5.41 Å². The number of rotatable bonds is 2. The van der Waals surface area contributed by atoms with Crippen LogP contribution in [0, 0.1) is 0 Å². The van der Waals surface area contributed by atoms with E-state index in [1.165, 1.54) is 18.4 Å². The van der Waals surface area contributed by atoms with Crippen molar-refractivity contribution in [2.45, 2.75) is 31.1 Å². The molecule has 1 heterocycles. The molecule has 0 N–H and O–H groups in total. The highest BCUT2D eigenvalue weighted by Crippen LogP contribution is 2.52. The second-order valence-corrected chi connectivity index (χ2v) is 5.05. The zero-order valence-corrected chi connectivity index (χ0v) is 9.52. The standard InChI is InChI=1S/C15H16O/c1-15(14-8-5-9-16-14)10-13(11-15)12-6-3-2-4-7-12/h2-9,13H,10-11H2,1H3. The molecule has 1 aromatic heterocycles. The predicted molar refractivity (Wildman–Crippen MR) is 64.5 cm³/mol. The van der Waals surface area contributed by atoms with Crippen LogP contribution >= 0.6 is 0 Å². The molecule has 3 rings (SSSR count). The summed E-state index contributed by atoms with van der Waals surface area (Å²) in [6.07, 6.45) is 4.17. The van der Waals surface area contributed by atoms with Gasteiger partial charge in [0.2, 0.25) is 0 Å². The Labute approximate surface area is 96.1 Å². The molecule has 2 aromatic rings. The first kappa shape index (κ1) is 9.71. The summed E-state index contributed by atoms with van der Waals surface area (Å²) in [6.45, 7) is 2.30. The number of hydrogen-bond donors (Lipinski definition) is 0. The van der Waals surface area contributed by atoms with Crippen molar-refractivity contribution in [3.63, 3.8) is 0 Å². The van der Waals surface area contributed by atoms with Gasteiger partial charge in [0.05, 0.1) is 6.26 Å². The summed E-state index contributed by atoms with van der Waals surface area (Å²) < 4.78 is 5.52. The number of hydrogen-bond acceptors (Lipinski definition) is 1. The zero-order valence-electron chi connectivity index (χ0n) is 9.52. The fraction of sp³-hybridized carbons (Fsp3) is 0.333. The Kier molecular flexibility index (Phi) is 2.13. The van der Waals surface area contributed by atoms with E-state index < -0.39 is 0 Å². The molecule has 0 atom stereocenters. The maximum Gasteiger partial charge on any atom is 0.109 e. The first-order valence-electron chi connectivity index (χ1n) is 5.87. The van der Waals surface area contributed by atoms with Crippen LogP contribution < -0.4 is 0 Å². The zero-order chi connectivity index (χ0) is 11.0. The molecule has 1 aliphatic carbocycles. The van der Waals surface area contributed by atoms with Crippen LogP contribution in [0.3, 0.4) is 0 Å². The monoisotopic (exact) mass is 212 g/mol. The number of benzene rings is 1. The van der Waals surface area contributed by atoms with Gasteiger partial charge in [0.1, 0.15) is 5.76 Å². The van der Waals surface area contributed by atoms with Gasteiger partial charge in [-0.1, -0.05) is 37.3 Å². The normalized spacial score (nSPS) is 28.7. The molecule has 1 fully saturated rings. The van der Waals surface area contributed by atoms with Crippen LogP contribution in [-0.4, -0.2) is 0 Å². The summed E-state index contributed by atoms with van der Waals surface area (Å²) in [7, 11) is 0. The summed E-state index contributed by atoms with van der Waals surface area (Å²) in [5.74, 6) is 1.84. The Morgan fingerprint density at radius 1 is 1.06 bits per heavy atom. The second-order valence-electron chi connectivity index (χ2n) is 5.05. The van der Waals surface area contributed by atoms with Gasteiger partial charge in [0.15, 0.2) is 0 Å². The van der Waals surface area contributed by atoms with Gasteiger partial charge in [-0.15, -0.1) is 0 Å². The Balaban J connectivity index is 1.75. The predicted octanol–water partition coefficient (Wildman–Crippen LogP) is 4.11. The fourth-order valence-electron chi connectivity index (χ4n) is 2.81. The molecule has 0 radical (unpaired) electrons. The van der Waals surface area contributed by atoms with Gasteiger partial charge in [-0.2, -0.15) is 0 Å². The molecule has 1 nitrogen and oxygen atoms in total. The molecule has 0 saturated heterocycles. The van der Waals surface area contributed by atoms with E-state index in [-0.39, 0.29) is 5.41 Å². The van der Waals surface area contributed by atoms with E-state index in [0.29, 0.717) is 5.92 Å². The van der Waals surface area contributed by atoms with E-state index in [4.69, 9.17) is 4.42 Å². The molecule has 1 aromatic carbocycles. The SMILES string of the molecule is CC1(c2ccco2)CC(c2ccccc2)C1. The van der Waals surface area contributed by atoms with Gasteiger partial charge in [-0.3, -0.25) is 0 Å². The molecule has 1 aliphatic rings. The molecule has 0 bridgehead atoms. The van der Waals surface area contributed by atoms with E-state index in [9.17, 15) is 0 Å². The van der Waals surface area contributed by atoms with Crippen molar-refractivity contribution in [3.05, 3.63) is 60.1 Å². The molecule has 16 heavy (non-hydrogen) atoms. The molecule has 0 amide bonds. The Hall–Kier alpha value is -1.50. The van der Waals surface area contributed by atoms with E-state index in [1.54, 1.807) is 6.26 Å². The van der Waals surface area contributed by atoms with Gasteiger partial charge in [-0.05, 0) is 36.5 Å². The second kappa shape index (κ2) is 3.51. The van der Waals surface area contributed by atoms with Crippen LogP contribution in [0.5, 0.6) is 0 Å². The largest absolute Gasteiger partial charge is 0.469 e. The smallest absolute Gasteiger partial charge is 0.109 e. The Morgan fingerprint density at radius 2 is 1.81 bits per heavy atom. The third-order valence-electron chi connectivity index (χ3n) is 3.78. The molecular weight excluding hydrogens is 196 g/mol. The van der Waals surface area contributed by atoms with Crippen molar-refractivity contribution in [2.24, 2.45) is 0 Å². The third-order valence-corrected chi connectivity index (χ3v) is 3.78. The molecule has 0 unspecified atom stereocenters. The molecule has 1 saturated carbocycles. The highest BCUT2D eigenvalue weighted by atomic mass is 16.3. The van der Waals surface area contributed by atoms with Crippen LogP contribution in [0.15, 0.2) is 53.1 Å². The van der Waals surface area contributed by atoms with Gasteiger partial charge in [-0.25, -0.2) is 0 Å². The number of furan rings is 1. The van der Waals surface area contributed by atoms with Crippen LogP contribution in [0.4, 0.5) is 0 Å². The van der Waals surface area contributed by atoms with Crippen molar-refractivity contribution < 1.29 is 4.42 Å². The quantitative estimate of drug-likeness (QED) is 0.730. The topological polar surface area (TPSA) is 13.1 Å². The van der Waals surface area contributed by atoms with Gasteiger partial charge < -0.3 is 4.42 Å². The van der Waals surface area contributed by atoms with E-state index in [2.05, 4.69) is 43.3 Å². The summed E-state index contributed by atoms with van der Waals surface area (Å²) in [5.41, 5.74) is 1.72. The lowest BCUT2D eigenvalue weighted by molar-refractivity contribution is 0.187. The van der Waals surface area contributed by atoms with E-state index >= 15 is 0 Å². The first-order valence-corrected chi connectivity index (χ1v) is 5.87. The lowest BCUT2D eigenvalue weighted by Gasteiger charge is -2.44. The maximum absolute atomic E-state index is 5.52. The Morgan fingerprint density at radius 3 is 2.44 bits per heavy atom. The molecule has 0 spiro atoms. The van der Waals surface area contributed by atoms with Crippen molar-refractivity contribution >= 4 is 0 Å². The Bertz CT molecular complexity index is 449.